The summed E-state index contributed by atoms with van der Waals surface area (Å²) in [5.74, 6) is 0.960. The molecule has 0 saturated carbocycles. The predicted molar refractivity (Wildman–Crippen MR) is 135 cm³/mol. The van der Waals surface area contributed by atoms with E-state index in [-0.39, 0.29) is 0 Å². The fraction of sp³-hybridized carbons (Fsp3) is 0.222. The fourth-order valence-corrected chi connectivity index (χ4v) is 4.68. The van der Waals surface area contributed by atoms with E-state index in [1.54, 1.807) is 0 Å². The summed E-state index contributed by atoms with van der Waals surface area (Å²) in [6, 6.07) is 23.0. The van der Waals surface area contributed by atoms with Crippen LogP contribution in [0, 0.1) is 0 Å². The number of nitrogens with one attached hydrogen (secondary N) is 1. The Kier molecular flexibility index (Phi) is 5.50. The molecule has 1 aliphatic rings. The van der Waals surface area contributed by atoms with Crippen molar-refractivity contribution in [3.63, 3.8) is 0 Å². The Balaban J connectivity index is 1.50. The van der Waals surface area contributed by atoms with E-state index in [0.29, 0.717) is 6.54 Å². The number of aromatic nitrogens is 4. The Labute approximate surface area is 198 Å². The molecule has 3 aromatic heterocycles. The van der Waals surface area contributed by atoms with Crippen molar-refractivity contribution in [1.29, 1.82) is 0 Å². The minimum atomic E-state index is 0.526. The minimum Gasteiger partial charge on any atom is -0.326 e. The molecular formula is C27H27N7. The summed E-state index contributed by atoms with van der Waals surface area (Å²) in [6.07, 6.45) is 2.05. The molecule has 7 heteroatoms. The SMILES string of the molecule is NCc1ccc(-c2nc3ccn4c(CN5CCNCC5)nnc4c3cc2-c2ccccc2)cc1. The van der Waals surface area contributed by atoms with Crippen molar-refractivity contribution < 1.29 is 0 Å². The van der Waals surface area contributed by atoms with Gasteiger partial charge in [-0.1, -0.05) is 54.6 Å². The summed E-state index contributed by atoms with van der Waals surface area (Å²) in [5.41, 5.74) is 12.9. The normalized spacial score (nSPS) is 14.7. The molecule has 7 nitrogen and oxygen atoms in total. The molecule has 170 valence electrons. The second-order valence-corrected chi connectivity index (χ2v) is 8.74. The Morgan fingerprint density at radius 3 is 2.44 bits per heavy atom. The lowest BCUT2D eigenvalue weighted by Gasteiger charge is -2.26. The number of hydrogen-bond acceptors (Lipinski definition) is 6. The molecule has 1 aliphatic heterocycles. The van der Waals surface area contributed by atoms with Gasteiger partial charge in [0.1, 0.15) is 0 Å². The van der Waals surface area contributed by atoms with Gasteiger partial charge in [0.05, 0.1) is 17.8 Å². The maximum Gasteiger partial charge on any atom is 0.170 e. The van der Waals surface area contributed by atoms with Crippen molar-refractivity contribution in [1.82, 2.24) is 29.8 Å². The molecule has 0 aliphatic carbocycles. The first kappa shape index (κ1) is 20.9. The smallest absolute Gasteiger partial charge is 0.170 e. The molecule has 0 bridgehead atoms. The topological polar surface area (TPSA) is 84.4 Å². The van der Waals surface area contributed by atoms with Crippen LogP contribution in [0.5, 0.6) is 0 Å². The molecule has 0 radical (unpaired) electrons. The molecule has 0 unspecified atom stereocenters. The molecule has 0 amide bonds. The molecule has 0 atom stereocenters. The third-order valence-corrected chi connectivity index (χ3v) is 6.56. The third kappa shape index (κ3) is 3.84. The van der Waals surface area contributed by atoms with Crippen LogP contribution in [0.3, 0.4) is 0 Å². The van der Waals surface area contributed by atoms with Crippen LogP contribution in [0.15, 0.2) is 72.9 Å². The van der Waals surface area contributed by atoms with Gasteiger partial charge in [-0.3, -0.25) is 9.30 Å². The average Bonchev–Trinajstić information content (AvgIpc) is 3.32. The van der Waals surface area contributed by atoms with Gasteiger partial charge in [0.25, 0.3) is 0 Å². The quantitative estimate of drug-likeness (QED) is 0.427. The van der Waals surface area contributed by atoms with E-state index >= 15 is 0 Å². The van der Waals surface area contributed by atoms with Crippen LogP contribution in [0.1, 0.15) is 11.4 Å². The molecule has 34 heavy (non-hydrogen) atoms. The zero-order valence-corrected chi connectivity index (χ0v) is 19.0. The van der Waals surface area contributed by atoms with Gasteiger partial charge in [0.2, 0.25) is 0 Å². The monoisotopic (exact) mass is 449 g/mol. The number of piperazine rings is 1. The van der Waals surface area contributed by atoms with Crippen molar-refractivity contribution in [2.75, 3.05) is 26.2 Å². The number of hydrogen-bond donors (Lipinski definition) is 2. The molecule has 4 heterocycles. The van der Waals surface area contributed by atoms with Gasteiger partial charge in [-0.15, -0.1) is 10.2 Å². The van der Waals surface area contributed by atoms with Crippen LogP contribution in [0.4, 0.5) is 0 Å². The van der Waals surface area contributed by atoms with E-state index in [9.17, 15) is 0 Å². The largest absolute Gasteiger partial charge is 0.326 e. The molecule has 5 aromatic rings. The maximum atomic E-state index is 5.81. The van der Waals surface area contributed by atoms with Gasteiger partial charge in [-0.2, -0.15) is 0 Å². The zero-order valence-electron chi connectivity index (χ0n) is 19.0. The van der Waals surface area contributed by atoms with Crippen molar-refractivity contribution in [3.8, 4) is 22.4 Å². The second kappa shape index (κ2) is 8.95. The van der Waals surface area contributed by atoms with Crippen molar-refractivity contribution in [2.24, 2.45) is 5.73 Å². The molecule has 1 saturated heterocycles. The number of pyridine rings is 2. The molecule has 1 fully saturated rings. The number of nitrogens with zero attached hydrogens (tertiary/aromatic N) is 5. The summed E-state index contributed by atoms with van der Waals surface area (Å²) in [7, 11) is 0. The van der Waals surface area contributed by atoms with E-state index in [2.05, 4.69) is 85.5 Å². The van der Waals surface area contributed by atoms with Crippen LogP contribution in [-0.2, 0) is 13.1 Å². The van der Waals surface area contributed by atoms with Gasteiger partial charge in [0.15, 0.2) is 11.5 Å². The second-order valence-electron chi connectivity index (χ2n) is 8.74. The first-order valence-corrected chi connectivity index (χ1v) is 11.8. The predicted octanol–water partition coefficient (Wildman–Crippen LogP) is 3.48. The lowest BCUT2D eigenvalue weighted by Crippen LogP contribution is -2.43. The highest BCUT2D eigenvalue weighted by Gasteiger charge is 2.18. The number of fused-ring (bicyclic) bond motifs is 3. The first-order valence-electron chi connectivity index (χ1n) is 11.8. The average molecular weight is 450 g/mol. The van der Waals surface area contributed by atoms with Crippen LogP contribution in [-0.4, -0.2) is 50.7 Å². The van der Waals surface area contributed by atoms with E-state index in [4.69, 9.17) is 10.7 Å². The van der Waals surface area contributed by atoms with Crippen LogP contribution in [0.25, 0.3) is 38.9 Å². The lowest BCUT2D eigenvalue weighted by atomic mass is 9.97. The summed E-state index contributed by atoms with van der Waals surface area (Å²) >= 11 is 0. The Morgan fingerprint density at radius 2 is 1.68 bits per heavy atom. The van der Waals surface area contributed by atoms with Crippen molar-refractivity contribution in [2.45, 2.75) is 13.1 Å². The van der Waals surface area contributed by atoms with E-state index in [1.165, 1.54) is 0 Å². The highest BCUT2D eigenvalue weighted by molar-refractivity contribution is 5.98. The van der Waals surface area contributed by atoms with E-state index < -0.39 is 0 Å². The Hall–Kier alpha value is -3.65. The maximum absolute atomic E-state index is 5.81. The zero-order chi connectivity index (χ0) is 22.9. The summed E-state index contributed by atoms with van der Waals surface area (Å²) < 4.78 is 2.11. The lowest BCUT2D eigenvalue weighted by molar-refractivity contribution is 0.227. The molecule has 2 aromatic carbocycles. The Bertz CT molecular complexity index is 1440. The number of nitrogens with two attached hydrogens (primary N) is 1. The van der Waals surface area contributed by atoms with Crippen LogP contribution >= 0.6 is 0 Å². The highest BCUT2D eigenvalue weighted by Crippen LogP contribution is 2.34. The van der Waals surface area contributed by atoms with Gasteiger partial charge in [0, 0.05) is 55.4 Å². The first-order chi connectivity index (χ1) is 16.8. The van der Waals surface area contributed by atoms with Gasteiger partial charge in [-0.05, 0) is 23.3 Å². The standard InChI is InChI=1S/C27H27N7/c28-17-19-6-8-21(9-7-19)26-22(20-4-2-1-3-5-20)16-23-24(30-26)10-13-34-25(31-32-27(23)34)18-33-14-11-29-12-15-33/h1-10,13,16,29H,11-12,14-15,17-18,28H2. The Morgan fingerprint density at radius 1 is 0.882 bits per heavy atom. The molecule has 0 spiro atoms. The fourth-order valence-electron chi connectivity index (χ4n) is 4.68. The molecule has 6 rings (SSSR count). The minimum absolute atomic E-state index is 0.526. The van der Waals surface area contributed by atoms with Crippen molar-refractivity contribution >= 4 is 16.6 Å². The van der Waals surface area contributed by atoms with Gasteiger partial charge >= 0.3 is 0 Å². The van der Waals surface area contributed by atoms with E-state index in [1.807, 2.05) is 12.3 Å². The van der Waals surface area contributed by atoms with Gasteiger partial charge < -0.3 is 11.1 Å². The number of benzene rings is 2. The van der Waals surface area contributed by atoms with E-state index in [0.717, 1.165) is 83.0 Å². The van der Waals surface area contributed by atoms with Gasteiger partial charge in [-0.25, -0.2) is 4.98 Å². The van der Waals surface area contributed by atoms with Crippen molar-refractivity contribution in [3.05, 3.63) is 84.3 Å². The highest BCUT2D eigenvalue weighted by atomic mass is 15.3. The van der Waals surface area contributed by atoms with Crippen LogP contribution < -0.4 is 11.1 Å². The summed E-state index contributed by atoms with van der Waals surface area (Å²) in [4.78, 5) is 7.54. The molecule has 3 N–H and O–H groups in total. The number of rotatable bonds is 5. The van der Waals surface area contributed by atoms with Crippen LogP contribution in [0.2, 0.25) is 0 Å². The summed E-state index contributed by atoms with van der Waals surface area (Å²) in [6.45, 7) is 5.39. The molecular weight excluding hydrogens is 422 g/mol. The third-order valence-electron chi connectivity index (χ3n) is 6.56. The summed E-state index contributed by atoms with van der Waals surface area (Å²) in [5, 5.41) is 13.5.